The van der Waals surface area contributed by atoms with E-state index in [0.717, 1.165) is 16.7 Å². The first-order valence-corrected chi connectivity index (χ1v) is 11.0. The first-order chi connectivity index (χ1) is 16.0. The molecule has 4 heteroatoms. The second kappa shape index (κ2) is 9.26. The quantitative estimate of drug-likeness (QED) is 0.349. The summed E-state index contributed by atoms with van der Waals surface area (Å²) in [5, 5.41) is 10.6. The van der Waals surface area contributed by atoms with Gasteiger partial charge in [-0.1, -0.05) is 84.9 Å². The summed E-state index contributed by atoms with van der Waals surface area (Å²) in [5.41, 5.74) is 1.98. The minimum Gasteiger partial charge on any atom is -0.462 e. The lowest BCUT2D eigenvalue weighted by Crippen LogP contribution is -2.37. The van der Waals surface area contributed by atoms with Crippen molar-refractivity contribution >= 4 is 23.4 Å². The molecule has 33 heavy (non-hydrogen) atoms. The van der Waals surface area contributed by atoms with Crippen molar-refractivity contribution in [3.8, 4) is 6.07 Å². The third kappa shape index (κ3) is 4.10. The van der Waals surface area contributed by atoms with E-state index in [0.29, 0.717) is 11.1 Å². The topological polar surface area (TPSA) is 67.2 Å². The van der Waals surface area contributed by atoms with Gasteiger partial charge in [0.05, 0.1) is 12.2 Å². The predicted molar refractivity (Wildman–Crippen MR) is 128 cm³/mol. The minimum atomic E-state index is -1.63. The van der Waals surface area contributed by atoms with Gasteiger partial charge in [-0.05, 0) is 42.2 Å². The van der Waals surface area contributed by atoms with E-state index < -0.39 is 23.4 Å². The number of rotatable bonds is 6. The van der Waals surface area contributed by atoms with Gasteiger partial charge in [-0.25, -0.2) is 4.79 Å². The molecule has 0 fully saturated rings. The lowest BCUT2D eigenvalue weighted by Gasteiger charge is -2.29. The van der Waals surface area contributed by atoms with Crippen molar-refractivity contribution < 1.29 is 14.3 Å². The number of benzene rings is 3. The Balaban J connectivity index is 1.91. The molecule has 0 radical (unpaired) electrons. The fourth-order valence-corrected chi connectivity index (χ4v) is 4.52. The van der Waals surface area contributed by atoms with Crippen LogP contribution in [0.1, 0.15) is 53.2 Å². The molecule has 2 atom stereocenters. The monoisotopic (exact) mass is 435 g/mol. The maximum atomic E-state index is 13.6. The number of hydrogen-bond donors (Lipinski definition) is 0. The number of ether oxygens (including phenoxy) is 1. The fourth-order valence-electron chi connectivity index (χ4n) is 4.52. The summed E-state index contributed by atoms with van der Waals surface area (Å²) in [4.78, 5) is 26.9. The Hall–Kier alpha value is -3.97. The van der Waals surface area contributed by atoms with Crippen LogP contribution in [0.25, 0.3) is 11.6 Å². The number of fused-ring (bicyclic) bond motifs is 1. The van der Waals surface area contributed by atoms with Crippen LogP contribution in [0, 0.1) is 16.7 Å². The van der Waals surface area contributed by atoms with Crippen LogP contribution in [0.4, 0.5) is 0 Å². The van der Waals surface area contributed by atoms with Crippen LogP contribution in [-0.4, -0.2) is 17.9 Å². The van der Waals surface area contributed by atoms with Gasteiger partial charge in [0.2, 0.25) is 0 Å². The number of hydrogen-bond acceptors (Lipinski definition) is 4. The van der Waals surface area contributed by atoms with Crippen LogP contribution in [0.2, 0.25) is 0 Å². The fraction of sp³-hybridized carbons (Fsp3) is 0.207. The van der Waals surface area contributed by atoms with Crippen molar-refractivity contribution in [1.29, 1.82) is 5.26 Å². The Morgan fingerprint density at radius 1 is 0.970 bits per heavy atom. The summed E-state index contributed by atoms with van der Waals surface area (Å²) in [6.07, 6.45) is 1.50. The summed E-state index contributed by atoms with van der Waals surface area (Å²) < 4.78 is 5.63. The number of carbonyl (C=O) groups is 2. The van der Waals surface area contributed by atoms with Crippen LogP contribution in [-0.2, 0) is 9.53 Å². The first-order valence-electron chi connectivity index (χ1n) is 11.0. The summed E-state index contributed by atoms with van der Waals surface area (Å²) in [6, 6.07) is 28.4. The van der Waals surface area contributed by atoms with Gasteiger partial charge in [-0.2, -0.15) is 5.26 Å². The number of ketones is 1. The maximum absolute atomic E-state index is 13.6. The van der Waals surface area contributed by atoms with Gasteiger partial charge in [0.15, 0.2) is 11.2 Å². The van der Waals surface area contributed by atoms with E-state index in [1.165, 1.54) is 0 Å². The Kier molecular flexibility index (Phi) is 6.24. The molecule has 1 aliphatic carbocycles. The van der Waals surface area contributed by atoms with Crippen LogP contribution >= 0.6 is 0 Å². The molecule has 0 heterocycles. The van der Waals surface area contributed by atoms with Crippen molar-refractivity contribution in [2.45, 2.75) is 32.3 Å². The zero-order chi connectivity index (χ0) is 23.4. The van der Waals surface area contributed by atoms with E-state index in [9.17, 15) is 14.9 Å². The molecule has 0 amide bonds. The van der Waals surface area contributed by atoms with E-state index in [-0.39, 0.29) is 12.2 Å². The van der Waals surface area contributed by atoms with E-state index >= 15 is 0 Å². The highest BCUT2D eigenvalue weighted by atomic mass is 16.5. The Bertz CT molecular complexity index is 1240. The van der Waals surface area contributed by atoms with Gasteiger partial charge in [0.1, 0.15) is 0 Å². The molecule has 0 N–H and O–H groups in total. The van der Waals surface area contributed by atoms with Crippen LogP contribution in [0.5, 0.6) is 0 Å². The highest BCUT2D eigenvalue weighted by Crippen LogP contribution is 2.57. The molecule has 3 aromatic carbocycles. The molecule has 0 aromatic heterocycles. The molecule has 2 unspecified atom stereocenters. The first kappa shape index (κ1) is 22.2. The van der Waals surface area contributed by atoms with Gasteiger partial charge in [-0.15, -0.1) is 0 Å². The molecule has 164 valence electrons. The van der Waals surface area contributed by atoms with Gasteiger partial charge in [0.25, 0.3) is 0 Å². The van der Waals surface area contributed by atoms with Crippen molar-refractivity contribution in [3.05, 3.63) is 107 Å². The molecule has 0 aliphatic heterocycles. The summed E-state index contributed by atoms with van der Waals surface area (Å²) in [6.45, 7) is 3.52. The number of nitrogens with zero attached hydrogens (tertiary/aromatic N) is 1. The lowest BCUT2D eigenvalue weighted by atomic mass is 9.71. The van der Waals surface area contributed by atoms with E-state index in [1.54, 1.807) is 38.1 Å². The second-order valence-corrected chi connectivity index (χ2v) is 8.48. The highest BCUT2D eigenvalue weighted by Gasteiger charge is 2.57. The molecule has 4 rings (SSSR count). The Morgan fingerprint density at radius 2 is 1.58 bits per heavy atom. The van der Waals surface area contributed by atoms with Gasteiger partial charge in [-0.3, -0.25) is 4.79 Å². The number of nitriles is 1. The molecule has 0 saturated heterocycles. The van der Waals surface area contributed by atoms with Crippen molar-refractivity contribution in [3.63, 3.8) is 0 Å². The standard InChI is InChI=1S/C29H25NO3/c1-20(2)33-28(32)29(19-30)25(17-21-11-5-3-6-12-21)23-15-9-10-16-24(23)26(29)18-27(31)22-13-7-4-8-14-22/h3-17,20,26H,18H2,1-2H3/b25-17+. The third-order valence-corrected chi connectivity index (χ3v) is 6.01. The van der Waals surface area contributed by atoms with E-state index in [1.807, 2.05) is 66.7 Å². The third-order valence-electron chi connectivity index (χ3n) is 6.01. The Morgan fingerprint density at radius 3 is 2.21 bits per heavy atom. The van der Waals surface area contributed by atoms with Gasteiger partial charge < -0.3 is 4.74 Å². The average Bonchev–Trinajstić information content (AvgIpc) is 3.09. The van der Waals surface area contributed by atoms with Crippen molar-refractivity contribution in [2.24, 2.45) is 5.41 Å². The molecule has 0 saturated carbocycles. The predicted octanol–water partition coefficient (Wildman–Crippen LogP) is 6.06. The maximum Gasteiger partial charge on any atom is 0.332 e. The van der Waals surface area contributed by atoms with E-state index in [2.05, 4.69) is 6.07 Å². The lowest BCUT2D eigenvalue weighted by molar-refractivity contribution is -0.154. The zero-order valence-corrected chi connectivity index (χ0v) is 18.7. The molecular formula is C29H25NO3. The Labute approximate surface area is 194 Å². The average molecular weight is 436 g/mol. The minimum absolute atomic E-state index is 0.0217. The summed E-state index contributed by atoms with van der Waals surface area (Å²) in [7, 11) is 0. The molecule has 3 aromatic rings. The van der Waals surface area contributed by atoms with Gasteiger partial charge in [0, 0.05) is 17.9 Å². The number of carbonyl (C=O) groups excluding carboxylic acids is 2. The second-order valence-electron chi connectivity index (χ2n) is 8.48. The highest BCUT2D eigenvalue weighted by molar-refractivity contribution is 6.07. The van der Waals surface area contributed by atoms with Crippen molar-refractivity contribution in [1.82, 2.24) is 0 Å². The molecule has 4 nitrogen and oxygen atoms in total. The summed E-state index contributed by atoms with van der Waals surface area (Å²) in [5.74, 6) is -1.40. The number of Topliss-reactive ketones (excluding diaryl/α,β-unsaturated/α-hetero) is 1. The number of esters is 1. The molecular weight excluding hydrogens is 410 g/mol. The molecule has 0 bridgehead atoms. The van der Waals surface area contributed by atoms with Crippen LogP contribution in [0.15, 0.2) is 84.9 Å². The van der Waals surface area contributed by atoms with Crippen LogP contribution in [0.3, 0.4) is 0 Å². The van der Waals surface area contributed by atoms with Crippen LogP contribution < -0.4 is 0 Å². The SMILES string of the molecule is CC(C)OC(=O)C1(C#N)/C(=C/c2ccccc2)c2ccccc2C1CC(=O)c1ccccc1. The van der Waals surface area contributed by atoms with E-state index in [4.69, 9.17) is 4.74 Å². The zero-order valence-electron chi connectivity index (χ0n) is 18.7. The summed E-state index contributed by atoms with van der Waals surface area (Å²) >= 11 is 0. The van der Waals surface area contributed by atoms with Gasteiger partial charge >= 0.3 is 5.97 Å². The van der Waals surface area contributed by atoms with Crippen molar-refractivity contribution in [2.75, 3.05) is 0 Å². The largest absolute Gasteiger partial charge is 0.462 e. The molecule has 0 spiro atoms. The normalized spacial score (nSPS) is 20.3. The molecule has 1 aliphatic rings. The smallest absolute Gasteiger partial charge is 0.332 e.